The molecule has 1 N–H and O–H groups in total. The fraction of sp³-hybridized carbons (Fsp3) is 0.333. The number of carbonyl (C=O) groups excluding carboxylic acids is 2. The molecule has 1 unspecified atom stereocenters. The molecule has 0 fully saturated rings. The van der Waals surface area contributed by atoms with Crippen molar-refractivity contribution in [2.24, 2.45) is 5.41 Å². The number of rotatable bonds is 6. The summed E-state index contributed by atoms with van der Waals surface area (Å²) in [6.07, 6.45) is 1.07. The minimum atomic E-state index is -0.659. The highest BCUT2D eigenvalue weighted by Crippen LogP contribution is 2.48. The molecule has 0 aromatic heterocycles. The molecule has 2 aromatic carbocycles. The average molecular weight is 500 g/mol. The number of halogens is 2. The van der Waals surface area contributed by atoms with Crippen LogP contribution in [-0.4, -0.2) is 25.0 Å². The lowest BCUT2D eigenvalue weighted by Gasteiger charge is -2.39. The summed E-state index contributed by atoms with van der Waals surface area (Å²) in [6.45, 7) is 6.21. The largest absolute Gasteiger partial charge is 0.490 e. The average Bonchev–Trinajstić information content (AvgIpc) is 2.77. The molecule has 0 saturated carbocycles. The molecule has 1 aliphatic carbocycles. The van der Waals surface area contributed by atoms with Gasteiger partial charge in [-0.25, -0.2) is 4.79 Å². The Balaban J connectivity index is 1.64. The molecule has 0 saturated heterocycles. The Kier molecular flexibility index (Phi) is 7.06. The summed E-state index contributed by atoms with van der Waals surface area (Å²) in [4.78, 5) is 26.7. The van der Waals surface area contributed by atoms with Gasteiger partial charge in [-0.15, -0.1) is 0 Å². The Bertz CT molecular complexity index is 1180. The smallest absolute Gasteiger partial charge is 0.336 e. The maximum atomic E-state index is 13.3. The molecular weight excluding hydrogens is 473 g/mol. The summed E-state index contributed by atoms with van der Waals surface area (Å²) in [6, 6.07) is 14.6. The SMILES string of the molecule is CC1=C(C(=O)OCCOc2ccccc2)C(c2cccc(Cl)c2Cl)C2=C(CC(C)(C)CC2=O)N1. The van der Waals surface area contributed by atoms with Gasteiger partial charge < -0.3 is 14.8 Å². The fourth-order valence-corrected chi connectivity index (χ4v) is 5.07. The zero-order chi connectivity index (χ0) is 24.5. The molecule has 1 heterocycles. The Hall–Kier alpha value is -2.76. The van der Waals surface area contributed by atoms with Gasteiger partial charge in [0.15, 0.2) is 5.78 Å². The van der Waals surface area contributed by atoms with Crippen LogP contribution in [0.4, 0.5) is 0 Å². The zero-order valence-electron chi connectivity index (χ0n) is 19.4. The highest BCUT2D eigenvalue weighted by atomic mass is 35.5. The van der Waals surface area contributed by atoms with Gasteiger partial charge in [0.1, 0.15) is 19.0 Å². The van der Waals surface area contributed by atoms with Crippen molar-refractivity contribution >= 4 is 35.0 Å². The van der Waals surface area contributed by atoms with E-state index in [-0.39, 0.29) is 24.4 Å². The number of hydrogen-bond donors (Lipinski definition) is 1. The number of benzene rings is 2. The first-order chi connectivity index (χ1) is 16.2. The monoisotopic (exact) mass is 499 g/mol. The number of esters is 1. The second kappa shape index (κ2) is 9.85. The number of dihydropyridines is 1. The van der Waals surface area contributed by atoms with Gasteiger partial charge in [0.05, 0.1) is 15.6 Å². The van der Waals surface area contributed by atoms with Crippen molar-refractivity contribution in [2.75, 3.05) is 13.2 Å². The molecule has 7 heteroatoms. The van der Waals surface area contributed by atoms with Gasteiger partial charge in [-0.1, -0.05) is 67.4 Å². The van der Waals surface area contributed by atoms with Crippen molar-refractivity contribution in [3.63, 3.8) is 0 Å². The molecule has 2 aromatic rings. The maximum Gasteiger partial charge on any atom is 0.336 e. The Labute approximate surface area is 209 Å². The predicted molar refractivity (Wildman–Crippen MR) is 133 cm³/mol. The fourth-order valence-electron chi connectivity index (χ4n) is 4.65. The summed E-state index contributed by atoms with van der Waals surface area (Å²) in [5.41, 5.74) is 2.81. The van der Waals surface area contributed by atoms with E-state index in [2.05, 4.69) is 19.2 Å². The lowest BCUT2D eigenvalue weighted by Crippen LogP contribution is -2.39. The van der Waals surface area contributed by atoms with E-state index in [1.807, 2.05) is 37.3 Å². The maximum absolute atomic E-state index is 13.3. The van der Waals surface area contributed by atoms with Crippen molar-refractivity contribution in [1.29, 1.82) is 0 Å². The van der Waals surface area contributed by atoms with Crippen LogP contribution in [0.3, 0.4) is 0 Å². The van der Waals surface area contributed by atoms with Crippen LogP contribution >= 0.6 is 23.2 Å². The second-order valence-electron chi connectivity index (χ2n) is 9.37. The molecule has 178 valence electrons. The molecular formula is C27H27Cl2NO4. The van der Waals surface area contributed by atoms with Crippen molar-refractivity contribution in [1.82, 2.24) is 5.32 Å². The number of ketones is 1. The van der Waals surface area contributed by atoms with Gasteiger partial charge in [0.2, 0.25) is 0 Å². The van der Waals surface area contributed by atoms with E-state index in [0.717, 1.165) is 5.70 Å². The van der Waals surface area contributed by atoms with Gasteiger partial charge in [-0.2, -0.15) is 0 Å². The van der Waals surface area contributed by atoms with E-state index in [1.165, 1.54) is 0 Å². The van der Waals surface area contributed by atoms with Crippen LogP contribution in [0.25, 0.3) is 0 Å². The third-order valence-electron chi connectivity index (χ3n) is 6.08. The van der Waals surface area contributed by atoms with Crippen molar-refractivity contribution in [2.45, 2.75) is 39.5 Å². The number of hydrogen-bond acceptors (Lipinski definition) is 5. The van der Waals surface area contributed by atoms with E-state index in [9.17, 15) is 9.59 Å². The molecule has 1 atom stereocenters. The van der Waals surface area contributed by atoms with Crippen LogP contribution in [0.5, 0.6) is 5.75 Å². The lowest BCUT2D eigenvalue weighted by atomic mass is 9.68. The molecule has 1 aliphatic heterocycles. The zero-order valence-corrected chi connectivity index (χ0v) is 20.9. The second-order valence-corrected chi connectivity index (χ2v) is 10.2. The highest BCUT2D eigenvalue weighted by molar-refractivity contribution is 6.42. The summed E-state index contributed by atoms with van der Waals surface area (Å²) < 4.78 is 11.2. The topological polar surface area (TPSA) is 64.6 Å². The molecule has 2 aliphatic rings. The minimum absolute atomic E-state index is 0.00926. The third kappa shape index (κ3) is 5.01. The van der Waals surface area contributed by atoms with Crippen LogP contribution in [0.1, 0.15) is 45.1 Å². The molecule has 4 rings (SSSR count). The summed E-state index contributed by atoms with van der Waals surface area (Å²) >= 11 is 12.9. The lowest BCUT2D eigenvalue weighted by molar-refractivity contribution is -0.140. The van der Waals surface area contributed by atoms with Crippen LogP contribution in [0.2, 0.25) is 10.0 Å². The van der Waals surface area contributed by atoms with Gasteiger partial charge in [0, 0.05) is 29.3 Å². The van der Waals surface area contributed by atoms with Gasteiger partial charge in [0.25, 0.3) is 0 Å². The first-order valence-electron chi connectivity index (χ1n) is 11.2. The van der Waals surface area contributed by atoms with E-state index >= 15 is 0 Å². The molecule has 0 bridgehead atoms. The van der Waals surface area contributed by atoms with Crippen molar-refractivity contribution in [3.8, 4) is 5.75 Å². The number of ether oxygens (including phenoxy) is 2. The molecule has 0 amide bonds. The molecule has 0 spiro atoms. The van der Waals surface area contributed by atoms with Crippen molar-refractivity contribution in [3.05, 3.63) is 86.7 Å². The summed E-state index contributed by atoms with van der Waals surface area (Å²) in [5.74, 6) is -0.493. The van der Waals surface area contributed by atoms with Crippen LogP contribution in [0, 0.1) is 5.41 Å². The van der Waals surface area contributed by atoms with E-state index in [1.54, 1.807) is 18.2 Å². The number of para-hydroxylation sites is 1. The first-order valence-corrected chi connectivity index (χ1v) is 12.0. The van der Waals surface area contributed by atoms with Gasteiger partial charge in [-0.3, -0.25) is 4.79 Å². The molecule has 0 radical (unpaired) electrons. The van der Waals surface area contributed by atoms with Crippen LogP contribution in [-0.2, 0) is 14.3 Å². The third-order valence-corrected chi connectivity index (χ3v) is 6.91. The van der Waals surface area contributed by atoms with Gasteiger partial charge in [-0.05, 0) is 42.5 Å². The first kappa shape index (κ1) is 24.4. The number of Topliss-reactive ketones (excluding diaryl/α,β-unsaturated/α-hetero) is 1. The van der Waals surface area contributed by atoms with E-state index in [4.69, 9.17) is 32.7 Å². The molecule has 5 nitrogen and oxygen atoms in total. The van der Waals surface area contributed by atoms with Crippen LogP contribution in [0.15, 0.2) is 71.1 Å². The Morgan fingerprint density at radius 1 is 1.06 bits per heavy atom. The minimum Gasteiger partial charge on any atom is -0.490 e. The normalized spacial score (nSPS) is 19.4. The van der Waals surface area contributed by atoms with Gasteiger partial charge >= 0.3 is 5.97 Å². The van der Waals surface area contributed by atoms with E-state index in [0.29, 0.717) is 51.0 Å². The van der Waals surface area contributed by atoms with E-state index < -0.39 is 11.9 Å². The standard InChI is InChI=1S/C27H27Cl2NO4/c1-16-22(26(32)34-13-12-33-17-8-5-4-6-9-17)23(18-10-7-11-19(28)25(18)29)24-20(30-16)14-27(2,3)15-21(24)31/h4-11,23,30H,12-15H2,1-3H3. The number of nitrogens with one attached hydrogen (secondary N) is 1. The Morgan fingerprint density at radius 3 is 2.53 bits per heavy atom. The predicted octanol–water partition coefficient (Wildman–Crippen LogP) is 6.22. The quantitative estimate of drug-likeness (QED) is 0.377. The number of carbonyl (C=O) groups is 2. The van der Waals surface area contributed by atoms with Crippen molar-refractivity contribution < 1.29 is 19.1 Å². The molecule has 34 heavy (non-hydrogen) atoms. The summed E-state index contributed by atoms with van der Waals surface area (Å²) in [5, 5.41) is 4.01. The summed E-state index contributed by atoms with van der Waals surface area (Å²) in [7, 11) is 0. The Morgan fingerprint density at radius 2 is 1.79 bits per heavy atom. The highest BCUT2D eigenvalue weighted by Gasteiger charge is 2.43. The number of allylic oxidation sites excluding steroid dienone is 3. The van der Waals surface area contributed by atoms with Crippen LogP contribution < -0.4 is 10.1 Å².